The first kappa shape index (κ1) is 20.1. The molecule has 5 aromatic rings. The Hall–Kier alpha value is -3.84. The molecule has 0 saturated carbocycles. The van der Waals surface area contributed by atoms with Crippen molar-refractivity contribution >= 4 is 28.3 Å². The van der Waals surface area contributed by atoms with Crippen LogP contribution in [0.15, 0.2) is 84.8 Å². The number of benzene rings is 2. The van der Waals surface area contributed by atoms with Crippen molar-refractivity contribution in [3.63, 3.8) is 0 Å². The van der Waals surface area contributed by atoms with Gasteiger partial charge < -0.3 is 5.32 Å². The molecule has 158 valence electrons. The van der Waals surface area contributed by atoms with E-state index in [-0.39, 0.29) is 5.91 Å². The van der Waals surface area contributed by atoms with Crippen LogP contribution in [-0.4, -0.2) is 32.0 Å². The Morgan fingerprint density at radius 3 is 2.66 bits per heavy atom. The molecule has 1 N–H and O–H groups in total. The third-order valence-corrected chi connectivity index (χ3v) is 6.15. The first-order valence-corrected chi connectivity index (χ1v) is 11.3. The fourth-order valence-electron chi connectivity index (χ4n) is 3.56. The van der Waals surface area contributed by atoms with E-state index in [4.69, 9.17) is 0 Å². The zero-order valence-corrected chi connectivity index (χ0v) is 18.1. The molecule has 0 radical (unpaired) electrons. The minimum atomic E-state index is -0.0661. The summed E-state index contributed by atoms with van der Waals surface area (Å²) < 4.78 is 2.02. The normalized spacial score (nSPS) is 11.0. The monoisotopic (exact) mass is 439 g/mol. The lowest BCUT2D eigenvalue weighted by molar-refractivity contribution is 0.0953. The van der Waals surface area contributed by atoms with E-state index in [0.29, 0.717) is 12.1 Å². The molecule has 0 unspecified atom stereocenters. The Balaban J connectivity index is 1.14. The number of amides is 1. The molecule has 2 aromatic carbocycles. The average molecular weight is 440 g/mol. The molecule has 7 heteroatoms. The van der Waals surface area contributed by atoms with E-state index in [1.807, 2.05) is 65.2 Å². The van der Waals surface area contributed by atoms with Crippen molar-refractivity contribution in [3.05, 3.63) is 95.3 Å². The molecule has 6 nitrogen and oxygen atoms in total. The Bertz CT molecular complexity index is 1340. The highest BCUT2D eigenvalue weighted by Crippen LogP contribution is 2.22. The lowest BCUT2D eigenvalue weighted by Gasteiger charge is -2.07. The van der Waals surface area contributed by atoms with Gasteiger partial charge in [-0.1, -0.05) is 12.1 Å². The number of rotatable bonds is 7. The van der Waals surface area contributed by atoms with Crippen molar-refractivity contribution in [2.75, 3.05) is 6.54 Å². The van der Waals surface area contributed by atoms with Crippen LogP contribution >= 0.6 is 11.3 Å². The molecule has 0 fully saturated rings. The number of nitrogens with zero attached hydrogens (tertiary/aromatic N) is 4. The zero-order valence-electron chi connectivity index (χ0n) is 17.3. The van der Waals surface area contributed by atoms with Crippen molar-refractivity contribution in [1.29, 1.82) is 0 Å². The fraction of sp³-hybridized carbons (Fsp3) is 0.120. The highest BCUT2D eigenvalue weighted by molar-refractivity contribution is 7.09. The van der Waals surface area contributed by atoms with Crippen LogP contribution in [0.4, 0.5) is 0 Å². The number of nitrogens with one attached hydrogen (secondary N) is 1. The molecule has 0 saturated heterocycles. The van der Waals surface area contributed by atoms with Crippen molar-refractivity contribution in [2.45, 2.75) is 12.8 Å². The van der Waals surface area contributed by atoms with Gasteiger partial charge in [0.2, 0.25) is 0 Å². The SMILES string of the molecule is O=C(NCCCc1nc(-c2ccncc2)cs1)c1ccc(-n2cnc3ccccc32)cc1. The fourth-order valence-corrected chi connectivity index (χ4v) is 4.41. The third-order valence-electron chi connectivity index (χ3n) is 5.24. The molecule has 3 aromatic heterocycles. The summed E-state index contributed by atoms with van der Waals surface area (Å²) in [6.45, 7) is 0.608. The second kappa shape index (κ2) is 9.11. The molecule has 0 aliphatic heterocycles. The number of pyridine rings is 1. The molecule has 3 heterocycles. The summed E-state index contributed by atoms with van der Waals surface area (Å²) in [5.41, 5.74) is 5.66. The Labute approximate surface area is 189 Å². The largest absolute Gasteiger partial charge is 0.352 e. The van der Waals surface area contributed by atoms with Crippen LogP contribution in [0.25, 0.3) is 28.0 Å². The van der Waals surface area contributed by atoms with Gasteiger partial charge in [-0.2, -0.15) is 0 Å². The molecule has 32 heavy (non-hydrogen) atoms. The molecule has 0 bridgehead atoms. The molecular formula is C25H21N5OS. The van der Waals surface area contributed by atoms with Crippen LogP contribution < -0.4 is 5.32 Å². The van der Waals surface area contributed by atoms with Crippen LogP contribution in [0.5, 0.6) is 0 Å². The molecular weight excluding hydrogens is 418 g/mol. The predicted molar refractivity (Wildman–Crippen MR) is 127 cm³/mol. The van der Waals surface area contributed by atoms with Gasteiger partial charge in [0.15, 0.2) is 0 Å². The molecule has 0 aliphatic rings. The maximum Gasteiger partial charge on any atom is 0.251 e. The van der Waals surface area contributed by atoms with Gasteiger partial charge in [0.05, 0.1) is 21.7 Å². The Morgan fingerprint density at radius 1 is 1.00 bits per heavy atom. The van der Waals surface area contributed by atoms with Crippen molar-refractivity contribution in [2.24, 2.45) is 0 Å². The first-order chi connectivity index (χ1) is 15.8. The van der Waals surface area contributed by atoms with Crippen LogP contribution in [0.2, 0.25) is 0 Å². The third kappa shape index (κ3) is 4.29. The second-order valence-electron chi connectivity index (χ2n) is 7.37. The van der Waals surface area contributed by atoms with E-state index in [9.17, 15) is 4.79 Å². The molecule has 0 aliphatic carbocycles. The number of hydrogen-bond acceptors (Lipinski definition) is 5. The number of aromatic nitrogens is 4. The number of aryl methyl sites for hydroxylation is 1. The van der Waals surface area contributed by atoms with Gasteiger partial charge in [-0.05, 0) is 55.0 Å². The zero-order chi connectivity index (χ0) is 21.8. The van der Waals surface area contributed by atoms with E-state index in [2.05, 4.69) is 25.6 Å². The van der Waals surface area contributed by atoms with Crippen molar-refractivity contribution in [1.82, 2.24) is 24.8 Å². The van der Waals surface area contributed by atoms with Crippen molar-refractivity contribution in [3.8, 4) is 16.9 Å². The average Bonchev–Trinajstić information content (AvgIpc) is 3.50. The van der Waals surface area contributed by atoms with E-state index in [1.54, 1.807) is 30.1 Å². The van der Waals surface area contributed by atoms with Crippen molar-refractivity contribution < 1.29 is 4.79 Å². The maximum absolute atomic E-state index is 12.5. The second-order valence-corrected chi connectivity index (χ2v) is 8.31. The van der Waals surface area contributed by atoms with Gasteiger partial charge in [0.1, 0.15) is 6.33 Å². The minimum Gasteiger partial charge on any atom is -0.352 e. The van der Waals surface area contributed by atoms with Crippen LogP contribution in [-0.2, 0) is 6.42 Å². The summed E-state index contributed by atoms with van der Waals surface area (Å²) in [7, 11) is 0. The van der Waals surface area contributed by atoms with Gasteiger partial charge in [0.25, 0.3) is 5.91 Å². The number of fused-ring (bicyclic) bond motifs is 1. The predicted octanol–water partition coefficient (Wildman–Crippen LogP) is 4.91. The summed E-state index contributed by atoms with van der Waals surface area (Å²) in [5.74, 6) is -0.0661. The van der Waals surface area contributed by atoms with Gasteiger partial charge in [-0.3, -0.25) is 14.3 Å². The van der Waals surface area contributed by atoms with Crippen LogP contribution in [0.1, 0.15) is 21.8 Å². The summed E-state index contributed by atoms with van der Waals surface area (Å²) in [6.07, 6.45) is 7.03. The first-order valence-electron chi connectivity index (χ1n) is 10.4. The summed E-state index contributed by atoms with van der Waals surface area (Å²) >= 11 is 1.65. The number of hydrogen-bond donors (Lipinski definition) is 1. The number of carbonyl (C=O) groups is 1. The highest BCUT2D eigenvalue weighted by Gasteiger charge is 2.08. The number of carbonyl (C=O) groups excluding carboxylic acids is 1. The van der Waals surface area contributed by atoms with E-state index >= 15 is 0 Å². The van der Waals surface area contributed by atoms with E-state index in [0.717, 1.165) is 45.8 Å². The number of imidazole rings is 1. The van der Waals surface area contributed by atoms with Gasteiger partial charge in [-0.25, -0.2) is 9.97 Å². The summed E-state index contributed by atoms with van der Waals surface area (Å²) in [5, 5.41) is 6.14. The molecule has 5 rings (SSSR count). The van der Waals surface area contributed by atoms with Crippen LogP contribution in [0.3, 0.4) is 0 Å². The van der Waals surface area contributed by atoms with Gasteiger partial charge >= 0.3 is 0 Å². The van der Waals surface area contributed by atoms with Gasteiger partial charge in [0, 0.05) is 47.6 Å². The Morgan fingerprint density at radius 2 is 1.81 bits per heavy atom. The number of para-hydroxylation sites is 2. The summed E-state index contributed by atoms with van der Waals surface area (Å²) in [6, 6.07) is 19.5. The Kier molecular flexibility index (Phi) is 5.72. The quantitative estimate of drug-likeness (QED) is 0.366. The summed E-state index contributed by atoms with van der Waals surface area (Å²) in [4.78, 5) is 25.7. The smallest absolute Gasteiger partial charge is 0.251 e. The highest BCUT2D eigenvalue weighted by atomic mass is 32.1. The number of thiazole rings is 1. The molecule has 0 spiro atoms. The van der Waals surface area contributed by atoms with E-state index in [1.165, 1.54) is 0 Å². The standard InChI is InChI=1S/C25H21N5OS/c31-25(27-13-3-6-24-29-22(16-32-24)18-11-14-26-15-12-18)19-7-9-20(10-8-19)30-17-28-21-4-1-2-5-23(21)30/h1-2,4-5,7-12,14-17H,3,6,13H2,(H,27,31). The lowest BCUT2D eigenvalue weighted by atomic mass is 10.2. The lowest BCUT2D eigenvalue weighted by Crippen LogP contribution is -2.24. The minimum absolute atomic E-state index is 0.0661. The van der Waals surface area contributed by atoms with Gasteiger partial charge in [-0.15, -0.1) is 11.3 Å². The van der Waals surface area contributed by atoms with Crippen LogP contribution in [0, 0.1) is 0 Å². The van der Waals surface area contributed by atoms with E-state index < -0.39 is 0 Å². The maximum atomic E-state index is 12.5. The molecule has 1 amide bonds. The topological polar surface area (TPSA) is 72.7 Å². The molecule has 0 atom stereocenters.